The number of hydrogen-bond acceptors (Lipinski definition) is 2. The second kappa shape index (κ2) is 6.84. The van der Waals surface area contributed by atoms with Gasteiger partial charge in [-0.2, -0.15) is 0 Å². The Bertz CT molecular complexity index is 512. The van der Waals surface area contributed by atoms with Crippen molar-refractivity contribution in [3.05, 3.63) is 48.3 Å². The summed E-state index contributed by atoms with van der Waals surface area (Å²) in [5, 5.41) is 5.14. The van der Waals surface area contributed by atoms with Gasteiger partial charge >= 0.3 is 0 Å². The Labute approximate surface area is 118 Å². The molecule has 0 aliphatic rings. The molecule has 0 spiro atoms. The summed E-state index contributed by atoms with van der Waals surface area (Å²) in [6.07, 6.45) is 1.53. The van der Waals surface area contributed by atoms with Crippen LogP contribution < -0.4 is 10.6 Å². The summed E-state index contributed by atoms with van der Waals surface area (Å²) in [4.78, 5) is 23.9. The van der Waals surface area contributed by atoms with Gasteiger partial charge in [0.15, 0.2) is 0 Å². The first-order valence-electron chi connectivity index (χ1n) is 6.30. The highest BCUT2D eigenvalue weighted by molar-refractivity contribution is 6.04. The summed E-state index contributed by atoms with van der Waals surface area (Å²) in [6.45, 7) is 6.86. The Morgan fingerprint density at radius 1 is 1.25 bits per heavy atom. The van der Waals surface area contributed by atoms with Crippen LogP contribution in [0.5, 0.6) is 0 Å². The van der Waals surface area contributed by atoms with Crippen molar-refractivity contribution in [1.29, 1.82) is 0 Å². The molecule has 0 atom stereocenters. The molecule has 2 N–H and O–H groups in total. The average Bonchev–Trinajstić information content (AvgIpc) is 2.43. The van der Waals surface area contributed by atoms with E-state index in [9.17, 15) is 14.0 Å². The molecule has 0 fully saturated rings. The van der Waals surface area contributed by atoms with Crippen molar-refractivity contribution >= 4 is 11.8 Å². The van der Waals surface area contributed by atoms with Crippen molar-refractivity contribution in [1.82, 2.24) is 10.6 Å². The van der Waals surface area contributed by atoms with E-state index in [-0.39, 0.29) is 12.4 Å². The van der Waals surface area contributed by atoms with Crippen molar-refractivity contribution in [2.45, 2.75) is 20.4 Å². The van der Waals surface area contributed by atoms with E-state index in [1.807, 2.05) is 0 Å². The predicted molar refractivity (Wildman–Crippen MR) is 75.2 cm³/mol. The van der Waals surface area contributed by atoms with Gasteiger partial charge in [-0.25, -0.2) is 4.39 Å². The Hall–Kier alpha value is -2.17. The number of halogens is 1. The minimum atomic E-state index is -1.23. The highest BCUT2D eigenvalue weighted by atomic mass is 19.1. The van der Waals surface area contributed by atoms with Gasteiger partial charge in [0.25, 0.3) is 0 Å². The zero-order chi connectivity index (χ0) is 15.2. The lowest BCUT2D eigenvalue weighted by atomic mass is 9.91. The number of nitrogens with one attached hydrogen (secondary N) is 2. The van der Waals surface area contributed by atoms with Crippen LogP contribution >= 0.6 is 0 Å². The van der Waals surface area contributed by atoms with Crippen LogP contribution in [-0.4, -0.2) is 18.4 Å². The van der Waals surface area contributed by atoms with Gasteiger partial charge in [0.1, 0.15) is 11.2 Å². The fourth-order valence-electron chi connectivity index (χ4n) is 1.53. The Kier molecular flexibility index (Phi) is 5.43. The van der Waals surface area contributed by atoms with Crippen molar-refractivity contribution in [2.24, 2.45) is 5.41 Å². The molecule has 4 nitrogen and oxygen atoms in total. The molecule has 0 heterocycles. The molecule has 5 heteroatoms. The van der Waals surface area contributed by atoms with Crippen LogP contribution in [0.4, 0.5) is 4.39 Å². The number of carbonyl (C=O) groups excluding carboxylic acids is 2. The van der Waals surface area contributed by atoms with Crippen molar-refractivity contribution in [3.8, 4) is 0 Å². The third-order valence-electron chi connectivity index (χ3n) is 2.94. The van der Waals surface area contributed by atoms with Crippen molar-refractivity contribution in [3.63, 3.8) is 0 Å². The van der Waals surface area contributed by atoms with Crippen LogP contribution in [0.1, 0.15) is 19.4 Å². The first-order valence-corrected chi connectivity index (χ1v) is 6.30. The molecule has 1 aromatic rings. The van der Waals surface area contributed by atoms with E-state index in [0.29, 0.717) is 12.1 Å². The van der Waals surface area contributed by atoms with Gasteiger partial charge in [-0.3, -0.25) is 9.59 Å². The van der Waals surface area contributed by atoms with Gasteiger partial charge < -0.3 is 10.6 Å². The molecule has 0 radical (unpaired) electrons. The molecule has 1 aromatic carbocycles. The normalized spacial score (nSPS) is 10.8. The molecule has 0 aliphatic carbocycles. The first kappa shape index (κ1) is 15.9. The molecule has 0 bridgehead atoms. The number of benzene rings is 1. The quantitative estimate of drug-likeness (QED) is 0.615. The third-order valence-corrected chi connectivity index (χ3v) is 2.94. The molecule has 0 aliphatic heterocycles. The maximum Gasteiger partial charge on any atom is 0.235 e. The molecule has 0 saturated carbocycles. The average molecular weight is 278 g/mol. The standard InChI is InChI=1S/C15H19FN2O2/c1-4-9-17-13(19)15(2,3)14(20)18-10-11-7-5-6-8-12(11)16/h4-8H,1,9-10H2,2-3H3,(H,17,19)(H,18,20). The predicted octanol–water partition coefficient (Wildman–Crippen LogP) is 1.77. The Balaban J connectivity index is 2.63. The van der Waals surface area contributed by atoms with Crippen LogP contribution in [0.25, 0.3) is 0 Å². The van der Waals surface area contributed by atoms with Gasteiger partial charge in [0, 0.05) is 18.7 Å². The van der Waals surface area contributed by atoms with Crippen LogP contribution in [0.3, 0.4) is 0 Å². The van der Waals surface area contributed by atoms with Gasteiger partial charge in [0.05, 0.1) is 0 Å². The van der Waals surface area contributed by atoms with Crippen molar-refractivity contribution < 1.29 is 14.0 Å². The largest absolute Gasteiger partial charge is 0.352 e. The second-order valence-electron chi connectivity index (χ2n) is 4.90. The zero-order valence-corrected chi connectivity index (χ0v) is 11.7. The van der Waals surface area contributed by atoms with E-state index >= 15 is 0 Å². The van der Waals surface area contributed by atoms with E-state index in [1.165, 1.54) is 26.0 Å². The summed E-state index contributed by atoms with van der Waals surface area (Å²) < 4.78 is 13.4. The maximum absolute atomic E-state index is 13.4. The molecule has 108 valence electrons. The van der Waals surface area contributed by atoms with Crippen molar-refractivity contribution in [2.75, 3.05) is 6.54 Å². The monoisotopic (exact) mass is 278 g/mol. The minimum Gasteiger partial charge on any atom is -0.352 e. The third kappa shape index (κ3) is 3.91. The van der Waals surface area contributed by atoms with E-state index < -0.39 is 17.2 Å². The number of amides is 2. The molecule has 0 unspecified atom stereocenters. The zero-order valence-electron chi connectivity index (χ0n) is 11.7. The summed E-state index contributed by atoms with van der Waals surface area (Å²) in [6, 6.07) is 6.17. The molecular formula is C15H19FN2O2. The summed E-state index contributed by atoms with van der Waals surface area (Å²) >= 11 is 0. The molecule has 2 amide bonds. The Morgan fingerprint density at radius 3 is 2.45 bits per heavy atom. The molecule has 20 heavy (non-hydrogen) atoms. The Morgan fingerprint density at radius 2 is 1.85 bits per heavy atom. The number of hydrogen-bond donors (Lipinski definition) is 2. The first-order chi connectivity index (χ1) is 9.39. The van der Waals surface area contributed by atoms with E-state index in [1.54, 1.807) is 18.2 Å². The molecule has 1 rings (SSSR count). The lowest BCUT2D eigenvalue weighted by Gasteiger charge is -2.22. The highest BCUT2D eigenvalue weighted by Crippen LogP contribution is 2.16. The summed E-state index contributed by atoms with van der Waals surface area (Å²) in [7, 11) is 0. The van der Waals surface area contributed by atoms with E-state index in [4.69, 9.17) is 0 Å². The molecular weight excluding hydrogens is 259 g/mol. The van der Waals surface area contributed by atoms with Gasteiger partial charge in [0.2, 0.25) is 11.8 Å². The second-order valence-corrected chi connectivity index (χ2v) is 4.90. The fraction of sp³-hybridized carbons (Fsp3) is 0.333. The maximum atomic E-state index is 13.4. The summed E-state index contributed by atoms with van der Waals surface area (Å²) in [5.74, 6) is -1.24. The van der Waals surface area contributed by atoms with E-state index in [2.05, 4.69) is 17.2 Å². The fourth-order valence-corrected chi connectivity index (χ4v) is 1.53. The van der Waals surface area contributed by atoms with Gasteiger partial charge in [-0.15, -0.1) is 6.58 Å². The van der Waals surface area contributed by atoms with E-state index in [0.717, 1.165) is 0 Å². The smallest absolute Gasteiger partial charge is 0.235 e. The lowest BCUT2D eigenvalue weighted by Crippen LogP contribution is -2.47. The van der Waals surface area contributed by atoms with Crippen LogP contribution in [0.15, 0.2) is 36.9 Å². The van der Waals surface area contributed by atoms with Crippen LogP contribution in [0.2, 0.25) is 0 Å². The van der Waals surface area contributed by atoms with Gasteiger partial charge in [-0.1, -0.05) is 24.3 Å². The van der Waals surface area contributed by atoms with Crippen LogP contribution in [-0.2, 0) is 16.1 Å². The molecule has 0 saturated heterocycles. The topological polar surface area (TPSA) is 58.2 Å². The van der Waals surface area contributed by atoms with Crippen LogP contribution in [0, 0.1) is 11.2 Å². The number of carbonyl (C=O) groups is 2. The number of rotatable bonds is 6. The summed E-state index contributed by atoms with van der Waals surface area (Å²) in [5.41, 5.74) is -0.850. The minimum absolute atomic E-state index is 0.0453. The SMILES string of the molecule is C=CCNC(=O)C(C)(C)C(=O)NCc1ccccc1F. The molecule has 0 aromatic heterocycles. The van der Waals surface area contributed by atoms with Gasteiger partial charge in [-0.05, 0) is 19.9 Å². The highest BCUT2D eigenvalue weighted by Gasteiger charge is 2.35. The lowest BCUT2D eigenvalue weighted by molar-refractivity contribution is -0.141.